The molecule has 1 unspecified atom stereocenters. The molecule has 3 aliphatic rings. The first-order valence-corrected chi connectivity index (χ1v) is 9.57. The number of piperidine rings is 2. The number of nitrogens with zero attached hydrogens (tertiary/aromatic N) is 4. The number of carbonyl (C=O) groups excluding carboxylic acids is 1. The van der Waals surface area contributed by atoms with Crippen molar-refractivity contribution in [3.8, 4) is 0 Å². The van der Waals surface area contributed by atoms with Gasteiger partial charge in [0.2, 0.25) is 11.9 Å². The zero-order valence-electron chi connectivity index (χ0n) is 14.7. The van der Waals surface area contributed by atoms with Crippen LogP contribution in [-0.4, -0.2) is 59.0 Å². The molecule has 1 amide bonds. The van der Waals surface area contributed by atoms with E-state index in [4.69, 9.17) is 5.73 Å². The lowest BCUT2D eigenvalue weighted by molar-refractivity contribution is -0.127. The van der Waals surface area contributed by atoms with Crippen LogP contribution in [0.4, 0.5) is 11.8 Å². The largest absolute Gasteiger partial charge is 0.384 e. The molecule has 2 aliphatic heterocycles. The molecule has 1 aliphatic carbocycles. The monoisotopic (exact) mass is 344 g/mol. The van der Waals surface area contributed by atoms with Gasteiger partial charge in [-0.2, -0.15) is 4.98 Å². The first kappa shape index (κ1) is 16.6. The van der Waals surface area contributed by atoms with Crippen molar-refractivity contribution in [2.24, 2.45) is 5.92 Å². The second kappa shape index (κ2) is 7.15. The van der Waals surface area contributed by atoms with Crippen LogP contribution in [0.1, 0.15) is 38.5 Å². The summed E-state index contributed by atoms with van der Waals surface area (Å²) in [5.74, 6) is 1.70. The molecule has 1 atom stereocenters. The Kier molecular flexibility index (Phi) is 4.74. The topological polar surface area (TPSA) is 87.4 Å². The zero-order valence-corrected chi connectivity index (χ0v) is 14.7. The highest BCUT2D eigenvalue weighted by Gasteiger charge is 2.34. The highest BCUT2D eigenvalue weighted by Crippen LogP contribution is 2.26. The number of carbonyl (C=O) groups is 1. The fourth-order valence-corrected chi connectivity index (χ4v) is 4.04. The van der Waals surface area contributed by atoms with Gasteiger partial charge in [0.15, 0.2) is 0 Å². The average molecular weight is 344 g/mol. The summed E-state index contributed by atoms with van der Waals surface area (Å²) in [5.41, 5.74) is 5.77. The summed E-state index contributed by atoms with van der Waals surface area (Å²) in [6, 6.07) is 2.75. The van der Waals surface area contributed by atoms with Crippen LogP contribution in [0.2, 0.25) is 0 Å². The Bertz CT molecular complexity index is 611. The van der Waals surface area contributed by atoms with E-state index in [0.717, 1.165) is 70.7 Å². The molecule has 7 heteroatoms. The molecule has 0 bridgehead atoms. The standard InChI is InChI=1S/C18H28N6O/c19-16-5-8-20-18(22-16)23-10-6-15(7-11-23)24-9-1-2-13(12-24)17(25)21-14-3-4-14/h5,8,13-15H,1-4,6-7,9-12H2,(H,21,25)(H2,19,20,22). The smallest absolute Gasteiger partial charge is 0.227 e. The highest BCUT2D eigenvalue weighted by atomic mass is 16.2. The molecule has 3 heterocycles. The molecule has 7 nitrogen and oxygen atoms in total. The molecular weight excluding hydrogens is 316 g/mol. The summed E-state index contributed by atoms with van der Waals surface area (Å²) in [6.45, 7) is 3.93. The Labute approximate surface area is 149 Å². The van der Waals surface area contributed by atoms with Crippen LogP contribution in [0.15, 0.2) is 12.3 Å². The van der Waals surface area contributed by atoms with Gasteiger partial charge in [-0.15, -0.1) is 0 Å². The van der Waals surface area contributed by atoms with Crippen molar-refractivity contribution in [1.82, 2.24) is 20.2 Å². The van der Waals surface area contributed by atoms with Crippen molar-refractivity contribution in [1.29, 1.82) is 0 Å². The quantitative estimate of drug-likeness (QED) is 0.848. The second-order valence-corrected chi connectivity index (χ2v) is 7.62. The lowest BCUT2D eigenvalue weighted by Gasteiger charge is -2.42. The molecule has 136 valence electrons. The Morgan fingerprint density at radius 2 is 1.96 bits per heavy atom. The van der Waals surface area contributed by atoms with E-state index in [1.54, 1.807) is 12.3 Å². The first-order valence-electron chi connectivity index (χ1n) is 9.57. The van der Waals surface area contributed by atoms with Crippen molar-refractivity contribution in [3.05, 3.63) is 12.3 Å². The van der Waals surface area contributed by atoms with Gasteiger partial charge in [0.25, 0.3) is 0 Å². The predicted molar refractivity (Wildman–Crippen MR) is 97.1 cm³/mol. The number of nitrogens with one attached hydrogen (secondary N) is 1. The van der Waals surface area contributed by atoms with E-state index in [1.165, 1.54) is 0 Å². The Morgan fingerprint density at radius 1 is 1.16 bits per heavy atom. The number of likely N-dealkylation sites (tertiary alicyclic amines) is 1. The van der Waals surface area contributed by atoms with Gasteiger partial charge in [-0.05, 0) is 51.1 Å². The van der Waals surface area contributed by atoms with E-state index in [2.05, 4.69) is 25.1 Å². The second-order valence-electron chi connectivity index (χ2n) is 7.62. The lowest BCUT2D eigenvalue weighted by Crippen LogP contribution is -2.51. The van der Waals surface area contributed by atoms with Gasteiger partial charge in [0.05, 0.1) is 5.92 Å². The fraction of sp³-hybridized carbons (Fsp3) is 0.722. The normalized spacial score (nSPS) is 25.8. The van der Waals surface area contributed by atoms with E-state index in [1.807, 2.05) is 0 Å². The summed E-state index contributed by atoms with van der Waals surface area (Å²) >= 11 is 0. The highest BCUT2D eigenvalue weighted by molar-refractivity contribution is 5.79. The van der Waals surface area contributed by atoms with Crippen LogP contribution in [0.5, 0.6) is 0 Å². The molecule has 1 aromatic heterocycles. The number of anilines is 2. The molecule has 0 spiro atoms. The van der Waals surface area contributed by atoms with E-state index in [9.17, 15) is 4.79 Å². The van der Waals surface area contributed by atoms with Gasteiger partial charge >= 0.3 is 0 Å². The third-order valence-corrected chi connectivity index (χ3v) is 5.68. The molecule has 2 saturated heterocycles. The summed E-state index contributed by atoms with van der Waals surface area (Å²) in [6.07, 6.45) is 8.38. The van der Waals surface area contributed by atoms with Gasteiger partial charge in [-0.1, -0.05) is 0 Å². The fourth-order valence-electron chi connectivity index (χ4n) is 4.04. The zero-order chi connectivity index (χ0) is 17.2. The maximum atomic E-state index is 12.4. The number of nitrogen functional groups attached to an aromatic ring is 1. The average Bonchev–Trinajstić information content (AvgIpc) is 3.46. The first-order chi connectivity index (χ1) is 12.2. The maximum Gasteiger partial charge on any atom is 0.227 e. The Hall–Kier alpha value is -1.89. The molecule has 1 saturated carbocycles. The SMILES string of the molecule is Nc1ccnc(N2CCC(N3CCCC(C(=O)NC4CC4)C3)CC2)n1. The third kappa shape index (κ3) is 4.03. The van der Waals surface area contributed by atoms with Crippen molar-refractivity contribution in [2.45, 2.75) is 50.6 Å². The van der Waals surface area contributed by atoms with Crippen LogP contribution in [0.3, 0.4) is 0 Å². The van der Waals surface area contributed by atoms with Crippen LogP contribution in [-0.2, 0) is 4.79 Å². The number of rotatable bonds is 4. The van der Waals surface area contributed by atoms with Gasteiger partial charge in [0, 0.05) is 37.9 Å². The van der Waals surface area contributed by atoms with Crippen LogP contribution < -0.4 is 16.0 Å². The van der Waals surface area contributed by atoms with Crippen LogP contribution in [0.25, 0.3) is 0 Å². The van der Waals surface area contributed by atoms with Crippen LogP contribution >= 0.6 is 0 Å². The lowest BCUT2D eigenvalue weighted by atomic mass is 9.93. The number of aromatic nitrogens is 2. The molecule has 3 fully saturated rings. The van der Waals surface area contributed by atoms with Crippen LogP contribution in [0, 0.1) is 5.92 Å². The van der Waals surface area contributed by atoms with Gasteiger partial charge < -0.3 is 16.0 Å². The van der Waals surface area contributed by atoms with Gasteiger partial charge in [-0.3, -0.25) is 9.69 Å². The molecule has 1 aromatic rings. The summed E-state index contributed by atoms with van der Waals surface area (Å²) in [7, 11) is 0. The number of amides is 1. The van der Waals surface area contributed by atoms with Crippen molar-refractivity contribution < 1.29 is 4.79 Å². The Balaban J connectivity index is 1.30. The molecule has 25 heavy (non-hydrogen) atoms. The van der Waals surface area contributed by atoms with Gasteiger partial charge in [-0.25, -0.2) is 4.98 Å². The minimum atomic E-state index is 0.171. The predicted octanol–water partition coefficient (Wildman–Crippen LogP) is 1.02. The van der Waals surface area contributed by atoms with E-state index in [-0.39, 0.29) is 11.8 Å². The summed E-state index contributed by atoms with van der Waals surface area (Å²) in [5, 5.41) is 3.18. The minimum absolute atomic E-state index is 0.171. The Morgan fingerprint density at radius 3 is 2.68 bits per heavy atom. The maximum absolute atomic E-state index is 12.4. The summed E-state index contributed by atoms with van der Waals surface area (Å²) < 4.78 is 0. The number of hydrogen-bond acceptors (Lipinski definition) is 6. The summed E-state index contributed by atoms with van der Waals surface area (Å²) in [4.78, 5) is 25.8. The van der Waals surface area contributed by atoms with Crippen molar-refractivity contribution in [2.75, 3.05) is 36.8 Å². The molecule has 3 N–H and O–H groups in total. The molecular formula is C18H28N6O. The van der Waals surface area contributed by atoms with Crippen molar-refractivity contribution >= 4 is 17.7 Å². The molecule has 4 rings (SSSR count). The van der Waals surface area contributed by atoms with E-state index >= 15 is 0 Å². The molecule has 0 aromatic carbocycles. The van der Waals surface area contributed by atoms with E-state index in [0.29, 0.717) is 17.9 Å². The molecule has 0 radical (unpaired) electrons. The number of hydrogen-bond donors (Lipinski definition) is 2. The number of nitrogens with two attached hydrogens (primary N) is 1. The van der Waals surface area contributed by atoms with E-state index < -0.39 is 0 Å². The van der Waals surface area contributed by atoms with Gasteiger partial charge in [0.1, 0.15) is 5.82 Å². The minimum Gasteiger partial charge on any atom is -0.384 e. The van der Waals surface area contributed by atoms with Crippen molar-refractivity contribution in [3.63, 3.8) is 0 Å². The third-order valence-electron chi connectivity index (χ3n) is 5.68.